The summed E-state index contributed by atoms with van der Waals surface area (Å²) in [6.45, 7) is 1.01. The second-order valence-corrected chi connectivity index (χ2v) is 5.49. The highest BCUT2D eigenvalue weighted by atomic mass is 16.3. The zero-order chi connectivity index (χ0) is 12.1. The highest BCUT2D eigenvalue weighted by Crippen LogP contribution is 2.29. The lowest BCUT2D eigenvalue weighted by Gasteiger charge is -2.30. The number of carbonyl (C=O) groups excluding carboxylic acids is 1. The first-order valence-electron chi connectivity index (χ1n) is 6.92. The van der Waals surface area contributed by atoms with Crippen LogP contribution >= 0.6 is 0 Å². The first-order valence-corrected chi connectivity index (χ1v) is 6.92. The van der Waals surface area contributed by atoms with Crippen molar-refractivity contribution >= 4 is 5.91 Å². The van der Waals surface area contributed by atoms with Gasteiger partial charge in [0.1, 0.15) is 0 Å². The summed E-state index contributed by atoms with van der Waals surface area (Å²) in [5.41, 5.74) is -0.328. The van der Waals surface area contributed by atoms with E-state index in [0.29, 0.717) is 0 Å². The van der Waals surface area contributed by atoms with E-state index in [0.717, 1.165) is 51.5 Å². The van der Waals surface area contributed by atoms with Crippen LogP contribution in [-0.2, 0) is 4.79 Å². The van der Waals surface area contributed by atoms with Crippen molar-refractivity contribution in [3.05, 3.63) is 0 Å². The number of nitrogens with one attached hydrogen (secondary N) is 2. The molecule has 1 aliphatic heterocycles. The summed E-state index contributed by atoms with van der Waals surface area (Å²) in [7, 11) is 0. The summed E-state index contributed by atoms with van der Waals surface area (Å²) in [4.78, 5) is 12.2. The van der Waals surface area contributed by atoms with Gasteiger partial charge in [-0.1, -0.05) is 25.7 Å². The fourth-order valence-corrected chi connectivity index (χ4v) is 2.98. The summed E-state index contributed by atoms with van der Waals surface area (Å²) >= 11 is 0. The van der Waals surface area contributed by atoms with E-state index < -0.39 is 0 Å². The lowest BCUT2D eigenvalue weighted by Crippen LogP contribution is -2.55. The zero-order valence-electron chi connectivity index (χ0n) is 10.5. The topological polar surface area (TPSA) is 61.4 Å². The van der Waals surface area contributed by atoms with Gasteiger partial charge in [0, 0.05) is 0 Å². The Labute approximate surface area is 103 Å². The molecule has 1 amide bonds. The van der Waals surface area contributed by atoms with Gasteiger partial charge in [0.05, 0.1) is 18.2 Å². The Kier molecular flexibility index (Phi) is 4.40. The first-order chi connectivity index (χ1) is 8.26. The van der Waals surface area contributed by atoms with E-state index in [-0.39, 0.29) is 24.1 Å². The maximum Gasteiger partial charge on any atom is 0.237 e. The highest BCUT2D eigenvalue weighted by molar-refractivity contribution is 5.82. The van der Waals surface area contributed by atoms with E-state index >= 15 is 0 Å². The van der Waals surface area contributed by atoms with Crippen LogP contribution in [0.2, 0.25) is 0 Å². The van der Waals surface area contributed by atoms with Crippen LogP contribution in [0.5, 0.6) is 0 Å². The number of hydrogen-bond acceptors (Lipinski definition) is 3. The van der Waals surface area contributed by atoms with Crippen LogP contribution in [0.4, 0.5) is 0 Å². The van der Waals surface area contributed by atoms with E-state index in [1.807, 2.05) is 0 Å². The smallest absolute Gasteiger partial charge is 0.237 e. The third kappa shape index (κ3) is 3.19. The molecular formula is C13H24N2O2. The Morgan fingerprint density at radius 3 is 2.71 bits per heavy atom. The quantitative estimate of drug-likeness (QED) is 0.688. The summed E-state index contributed by atoms with van der Waals surface area (Å²) < 4.78 is 0. The van der Waals surface area contributed by atoms with Crippen molar-refractivity contribution < 1.29 is 9.90 Å². The number of aliphatic hydroxyl groups excluding tert-OH is 1. The van der Waals surface area contributed by atoms with Crippen molar-refractivity contribution in [2.75, 3.05) is 13.2 Å². The SMILES string of the molecule is O=C(NC1(CO)CCCC1)C1CCCCCN1. The summed E-state index contributed by atoms with van der Waals surface area (Å²) in [6.07, 6.45) is 8.48. The van der Waals surface area contributed by atoms with E-state index in [1.54, 1.807) is 0 Å². The van der Waals surface area contributed by atoms with Gasteiger partial charge in [0.15, 0.2) is 0 Å². The summed E-state index contributed by atoms with van der Waals surface area (Å²) in [6, 6.07) is -0.0541. The van der Waals surface area contributed by atoms with E-state index in [2.05, 4.69) is 10.6 Å². The molecule has 1 heterocycles. The van der Waals surface area contributed by atoms with Crippen molar-refractivity contribution in [1.29, 1.82) is 0 Å². The van der Waals surface area contributed by atoms with E-state index in [4.69, 9.17) is 0 Å². The van der Waals surface area contributed by atoms with Crippen molar-refractivity contribution in [1.82, 2.24) is 10.6 Å². The van der Waals surface area contributed by atoms with Gasteiger partial charge in [0.25, 0.3) is 0 Å². The molecule has 2 aliphatic rings. The van der Waals surface area contributed by atoms with Gasteiger partial charge in [-0.2, -0.15) is 0 Å². The highest BCUT2D eigenvalue weighted by Gasteiger charge is 2.36. The molecule has 1 saturated carbocycles. The Morgan fingerprint density at radius 2 is 2.00 bits per heavy atom. The molecule has 0 spiro atoms. The number of rotatable bonds is 3. The molecule has 2 fully saturated rings. The minimum atomic E-state index is -0.328. The number of amides is 1. The number of hydrogen-bond donors (Lipinski definition) is 3. The van der Waals surface area contributed by atoms with Crippen LogP contribution in [0.3, 0.4) is 0 Å². The zero-order valence-corrected chi connectivity index (χ0v) is 10.5. The Balaban J connectivity index is 1.90. The molecule has 17 heavy (non-hydrogen) atoms. The predicted octanol–water partition coefficient (Wildman–Crippen LogP) is 0.940. The third-order valence-corrected chi connectivity index (χ3v) is 4.13. The largest absolute Gasteiger partial charge is 0.394 e. The standard InChI is InChI=1S/C13H24N2O2/c16-10-13(7-3-4-8-13)15-12(17)11-6-2-1-5-9-14-11/h11,14,16H,1-10H2,(H,15,17). The molecule has 2 rings (SSSR count). The third-order valence-electron chi connectivity index (χ3n) is 4.13. The first kappa shape index (κ1) is 12.8. The van der Waals surface area contributed by atoms with Crippen LogP contribution in [0.25, 0.3) is 0 Å². The van der Waals surface area contributed by atoms with Crippen molar-refractivity contribution in [2.24, 2.45) is 0 Å². The maximum absolute atomic E-state index is 12.2. The van der Waals surface area contributed by atoms with Crippen LogP contribution < -0.4 is 10.6 Å². The molecule has 0 radical (unpaired) electrons. The molecule has 4 nitrogen and oxygen atoms in total. The van der Waals surface area contributed by atoms with Crippen molar-refractivity contribution in [3.63, 3.8) is 0 Å². The van der Waals surface area contributed by atoms with Crippen molar-refractivity contribution in [3.8, 4) is 0 Å². The molecule has 0 aromatic heterocycles. The minimum Gasteiger partial charge on any atom is -0.394 e. The predicted molar refractivity (Wildman–Crippen MR) is 66.7 cm³/mol. The van der Waals surface area contributed by atoms with Gasteiger partial charge in [-0.05, 0) is 32.2 Å². The molecule has 1 aliphatic carbocycles. The molecule has 4 heteroatoms. The summed E-state index contributed by atoms with van der Waals surface area (Å²) in [5.74, 6) is 0.0860. The molecule has 1 unspecified atom stereocenters. The van der Waals surface area contributed by atoms with Gasteiger partial charge < -0.3 is 15.7 Å². The van der Waals surface area contributed by atoms with Gasteiger partial charge in [-0.25, -0.2) is 0 Å². The van der Waals surface area contributed by atoms with Crippen LogP contribution in [0, 0.1) is 0 Å². The normalized spacial score (nSPS) is 28.6. The second-order valence-electron chi connectivity index (χ2n) is 5.49. The molecule has 98 valence electrons. The fourth-order valence-electron chi connectivity index (χ4n) is 2.98. The minimum absolute atomic E-state index is 0.0541. The van der Waals surface area contributed by atoms with Gasteiger partial charge in [-0.15, -0.1) is 0 Å². The fraction of sp³-hybridized carbons (Fsp3) is 0.923. The van der Waals surface area contributed by atoms with Crippen LogP contribution in [-0.4, -0.2) is 35.7 Å². The average Bonchev–Trinajstić information content (AvgIpc) is 2.64. The van der Waals surface area contributed by atoms with Gasteiger partial charge >= 0.3 is 0 Å². The number of carbonyl (C=O) groups is 1. The molecule has 0 bridgehead atoms. The Morgan fingerprint density at radius 1 is 1.24 bits per heavy atom. The molecule has 0 aromatic rings. The van der Waals surface area contributed by atoms with Gasteiger partial charge in [0.2, 0.25) is 5.91 Å². The Bertz CT molecular complexity index is 254. The second kappa shape index (κ2) is 5.83. The van der Waals surface area contributed by atoms with Crippen LogP contribution in [0.1, 0.15) is 51.4 Å². The lowest BCUT2D eigenvalue weighted by atomic mass is 9.97. The summed E-state index contributed by atoms with van der Waals surface area (Å²) in [5, 5.41) is 15.9. The van der Waals surface area contributed by atoms with E-state index in [1.165, 1.54) is 6.42 Å². The monoisotopic (exact) mass is 240 g/mol. The van der Waals surface area contributed by atoms with Crippen molar-refractivity contribution in [2.45, 2.75) is 62.9 Å². The molecular weight excluding hydrogens is 216 g/mol. The molecule has 1 saturated heterocycles. The van der Waals surface area contributed by atoms with Crippen LogP contribution in [0.15, 0.2) is 0 Å². The van der Waals surface area contributed by atoms with Gasteiger partial charge in [-0.3, -0.25) is 4.79 Å². The maximum atomic E-state index is 12.2. The Hall–Kier alpha value is -0.610. The molecule has 0 aromatic carbocycles. The average molecular weight is 240 g/mol. The lowest BCUT2D eigenvalue weighted by molar-refractivity contribution is -0.125. The van der Waals surface area contributed by atoms with E-state index in [9.17, 15) is 9.90 Å². The molecule has 1 atom stereocenters. The number of aliphatic hydroxyl groups is 1. The molecule has 3 N–H and O–H groups in total.